The number of hydrogen-bond donors (Lipinski definition) is 1. The first-order chi connectivity index (χ1) is 10.9. The standard InChI is InChI=1S/C19H16N2O/c1-3-7-14(8-4-1)17-13-20-19(18-16(17)11-12-22-18)21-15-9-5-2-6-10-15/h1-10,13H,11-12H2,(H,20,21). The molecule has 3 nitrogen and oxygen atoms in total. The summed E-state index contributed by atoms with van der Waals surface area (Å²) in [5.74, 6) is 1.67. The van der Waals surface area contributed by atoms with E-state index >= 15 is 0 Å². The number of rotatable bonds is 3. The second-order valence-electron chi connectivity index (χ2n) is 5.28. The van der Waals surface area contributed by atoms with E-state index in [4.69, 9.17) is 4.74 Å². The molecule has 22 heavy (non-hydrogen) atoms. The lowest BCUT2D eigenvalue weighted by molar-refractivity contribution is 0.357. The van der Waals surface area contributed by atoms with Gasteiger partial charge in [0.25, 0.3) is 0 Å². The molecule has 3 aromatic rings. The number of fused-ring (bicyclic) bond motifs is 1. The maximum atomic E-state index is 5.84. The molecule has 1 aliphatic heterocycles. The third-order valence-electron chi connectivity index (χ3n) is 3.86. The van der Waals surface area contributed by atoms with Crippen LogP contribution in [0.1, 0.15) is 5.56 Å². The molecule has 0 unspecified atom stereocenters. The third-order valence-corrected chi connectivity index (χ3v) is 3.86. The van der Waals surface area contributed by atoms with Crippen LogP contribution in [0.25, 0.3) is 11.1 Å². The number of nitrogens with one attached hydrogen (secondary N) is 1. The van der Waals surface area contributed by atoms with Gasteiger partial charge in [0.2, 0.25) is 0 Å². The van der Waals surface area contributed by atoms with Crippen LogP contribution >= 0.6 is 0 Å². The molecule has 2 heterocycles. The smallest absolute Gasteiger partial charge is 0.173 e. The number of aromatic nitrogens is 1. The highest BCUT2D eigenvalue weighted by Crippen LogP contribution is 2.39. The summed E-state index contributed by atoms with van der Waals surface area (Å²) in [6.45, 7) is 0.713. The Morgan fingerprint density at radius 2 is 1.64 bits per heavy atom. The van der Waals surface area contributed by atoms with E-state index in [1.165, 1.54) is 11.1 Å². The zero-order chi connectivity index (χ0) is 14.8. The second kappa shape index (κ2) is 5.53. The van der Waals surface area contributed by atoms with Crippen molar-refractivity contribution < 1.29 is 4.74 Å². The van der Waals surface area contributed by atoms with Gasteiger partial charge < -0.3 is 10.1 Å². The molecule has 1 aromatic heterocycles. The molecule has 0 amide bonds. The Morgan fingerprint density at radius 3 is 2.41 bits per heavy atom. The predicted molar refractivity (Wildman–Crippen MR) is 88.6 cm³/mol. The van der Waals surface area contributed by atoms with Crippen molar-refractivity contribution in [1.29, 1.82) is 0 Å². The van der Waals surface area contributed by atoms with Crippen molar-refractivity contribution in [3.8, 4) is 16.9 Å². The van der Waals surface area contributed by atoms with Gasteiger partial charge in [-0.15, -0.1) is 0 Å². The van der Waals surface area contributed by atoms with Crippen LogP contribution in [0.4, 0.5) is 11.5 Å². The lowest BCUT2D eigenvalue weighted by Crippen LogP contribution is -1.98. The minimum Gasteiger partial charge on any atom is -0.489 e. The first-order valence-corrected chi connectivity index (χ1v) is 7.44. The first kappa shape index (κ1) is 12.9. The van der Waals surface area contributed by atoms with Gasteiger partial charge in [-0.1, -0.05) is 48.5 Å². The monoisotopic (exact) mass is 288 g/mol. The number of ether oxygens (including phenoxy) is 1. The number of benzene rings is 2. The number of para-hydroxylation sites is 1. The normalized spacial score (nSPS) is 12.5. The molecular formula is C19H16N2O. The molecule has 1 aliphatic rings. The number of anilines is 2. The zero-order valence-electron chi connectivity index (χ0n) is 12.1. The SMILES string of the molecule is c1ccc(Nc2ncc(-c3ccccc3)c3c2OCC3)cc1. The van der Waals surface area contributed by atoms with Gasteiger partial charge in [0.05, 0.1) is 6.61 Å². The molecule has 0 radical (unpaired) electrons. The summed E-state index contributed by atoms with van der Waals surface area (Å²) >= 11 is 0. The largest absolute Gasteiger partial charge is 0.489 e. The van der Waals surface area contributed by atoms with E-state index in [0.29, 0.717) is 6.61 Å². The van der Waals surface area contributed by atoms with Gasteiger partial charge in [0.1, 0.15) is 0 Å². The van der Waals surface area contributed by atoms with Crippen molar-refractivity contribution >= 4 is 11.5 Å². The van der Waals surface area contributed by atoms with E-state index in [-0.39, 0.29) is 0 Å². The van der Waals surface area contributed by atoms with Crippen LogP contribution in [0.3, 0.4) is 0 Å². The fourth-order valence-electron chi connectivity index (χ4n) is 2.80. The molecule has 0 bridgehead atoms. The molecule has 0 spiro atoms. The summed E-state index contributed by atoms with van der Waals surface area (Å²) in [5, 5.41) is 3.35. The van der Waals surface area contributed by atoms with Crippen LogP contribution < -0.4 is 10.1 Å². The number of pyridine rings is 1. The molecular weight excluding hydrogens is 272 g/mol. The van der Waals surface area contributed by atoms with Gasteiger partial charge >= 0.3 is 0 Å². The zero-order valence-corrected chi connectivity index (χ0v) is 12.1. The van der Waals surface area contributed by atoms with Gasteiger partial charge in [-0.3, -0.25) is 0 Å². The highest BCUT2D eigenvalue weighted by molar-refractivity contribution is 5.76. The Bertz CT molecular complexity index is 785. The molecule has 0 aliphatic carbocycles. The molecule has 108 valence electrons. The Morgan fingerprint density at radius 1 is 0.909 bits per heavy atom. The molecule has 4 rings (SSSR count). The molecule has 0 saturated heterocycles. The molecule has 1 N–H and O–H groups in total. The Balaban J connectivity index is 1.76. The van der Waals surface area contributed by atoms with E-state index in [2.05, 4.69) is 22.4 Å². The fourth-order valence-corrected chi connectivity index (χ4v) is 2.80. The molecule has 3 heteroatoms. The predicted octanol–water partition coefficient (Wildman–Crippen LogP) is 4.43. The van der Waals surface area contributed by atoms with Gasteiger partial charge in [-0.2, -0.15) is 0 Å². The van der Waals surface area contributed by atoms with Crippen molar-refractivity contribution in [2.24, 2.45) is 0 Å². The van der Waals surface area contributed by atoms with Gasteiger partial charge in [-0.05, 0) is 17.7 Å². The van der Waals surface area contributed by atoms with Crippen molar-refractivity contribution in [2.45, 2.75) is 6.42 Å². The van der Waals surface area contributed by atoms with E-state index in [0.717, 1.165) is 29.2 Å². The van der Waals surface area contributed by atoms with Gasteiger partial charge in [-0.25, -0.2) is 4.98 Å². The lowest BCUT2D eigenvalue weighted by Gasteiger charge is -2.12. The highest BCUT2D eigenvalue weighted by Gasteiger charge is 2.22. The van der Waals surface area contributed by atoms with Crippen LogP contribution in [0.15, 0.2) is 66.9 Å². The topological polar surface area (TPSA) is 34.2 Å². The first-order valence-electron chi connectivity index (χ1n) is 7.44. The molecule has 0 saturated carbocycles. The average Bonchev–Trinajstić information content (AvgIpc) is 3.07. The van der Waals surface area contributed by atoms with Crippen molar-refractivity contribution in [1.82, 2.24) is 4.98 Å². The summed E-state index contributed by atoms with van der Waals surface area (Å²) in [6.07, 6.45) is 2.86. The average molecular weight is 288 g/mol. The molecule has 0 fully saturated rings. The van der Waals surface area contributed by atoms with Crippen LogP contribution in [0, 0.1) is 0 Å². The minimum atomic E-state index is 0.713. The number of hydrogen-bond acceptors (Lipinski definition) is 3. The molecule has 0 atom stereocenters. The summed E-state index contributed by atoms with van der Waals surface area (Å²) < 4.78 is 5.84. The summed E-state index contributed by atoms with van der Waals surface area (Å²) in [5.41, 5.74) is 4.59. The summed E-state index contributed by atoms with van der Waals surface area (Å²) in [7, 11) is 0. The van der Waals surface area contributed by atoms with E-state index < -0.39 is 0 Å². The lowest BCUT2D eigenvalue weighted by atomic mass is 10.0. The van der Waals surface area contributed by atoms with Crippen molar-refractivity contribution in [2.75, 3.05) is 11.9 Å². The summed E-state index contributed by atoms with van der Waals surface area (Å²) in [4.78, 5) is 4.59. The quantitative estimate of drug-likeness (QED) is 0.774. The van der Waals surface area contributed by atoms with E-state index in [1.807, 2.05) is 54.7 Å². The van der Waals surface area contributed by atoms with Crippen LogP contribution in [-0.4, -0.2) is 11.6 Å². The number of nitrogens with zero attached hydrogens (tertiary/aromatic N) is 1. The third kappa shape index (κ3) is 2.31. The Kier molecular flexibility index (Phi) is 3.24. The maximum absolute atomic E-state index is 5.84. The van der Waals surface area contributed by atoms with Crippen molar-refractivity contribution in [3.63, 3.8) is 0 Å². The highest BCUT2D eigenvalue weighted by atomic mass is 16.5. The van der Waals surface area contributed by atoms with Crippen molar-refractivity contribution in [3.05, 3.63) is 72.4 Å². The van der Waals surface area contributed by atoms with Crippen LogP contribution in [0.5, 0.6) is 5.75 Å². The maximum Gasteiger partial charge on any atom is 0.173 e. The fraction of sp³-hybridized carbons (Fsp3) is 0.105. The van der Waals surface area contributed by atoms with Gasteiger partial charge in [0.15, 0.2) is 11.6 Å². The summed E-state index contributed by atoms with van der Waals surface area (Å²) in [6, 6.07) is 20.4. The molecule has 2 aromatic carbocycles. The van der Waals surface area contributed by atoms with Crippen LogP contribution in [-0.2, 0) is 6.42 Å². The minimum absolute atomic E-state index is 0.713. The van der Waals surface area contributed by atoms with Crippen LogP contribution in [0.2, 0.25) is 0 Å². The van der Waals surface area contributed by atoms with E-state index in [9.17, 15) is 0 Å². The second-order valence-corrected chi connectivity index (χ2v) is 5.28. The Labute approximate surface area is 129 Å². The Hall–Kier alpha value is -2.81. The van der Waals surface area contributed by atoms with Gasteiger partial charge in [0, 0.05) is 29.4 Å². The van der Waals surface area contributed by atoms with E-state index in [1.54, 1.807) is 0 Å².